The first-order chi connectivity index (χ1) is 7.06. The molecule has 1 unspecified atom stereocenters. The second kappa shape index (κ2) is 5.42. The number of aliphatic hydroxyl groups is 1. The van der Waals surface area contributed by atoms with Gasteiger partial charge in [-0.3, -0.25) is 0 Å². The van der Waals surface area contributed by atoms with Gasteiger partial charge in [0.1, 0.15) is 10.2 Å². The van der Waals surface area contributed by atoms with Crippen LogP contribution in [0.2, 0.25) is 0 Å². The lowest BCUT2D eigenvalue weighted by atomic mass is 9.95. The van der Waals surface area contributed by atoms with Crippen LogP contribution in [0.15, 0.2) is 35.5 Å². The third-order valence-electron chi connectivity index (χ3n) is 2.34. The Labute approximate surface area is 99.2 Å². The normalized spacial score (nSPS) is 14.6. The van der Waals surface area contributed by atoms with Gasteiger partial charge in [-0.05, 0) is 54.2 Å². The average Bonchev–Trinajstić information content (AvgIpc) is 2.18. The molecule has 1 N–H and O–H groups in total. The Morgan fingerprint density at radius 3 is 2.93 bits per heavy atom. The van der Waals surface area contributed by atoms with Crippen molar-refractivity contribution in [2.75, 3.05) is 0 Å². The van der Waals surface area contributed by atoms with Gasteiger partial charge in [-0.2, -0.15) is 0 Å². The van der Waals surface area contributed by atoms with E-state index < -0.39 is 5.60 Å². The van der Waals surface area contributed by atoms with Crippen LogP contribution in [0.1, 0.15) is 31.9 Å². The molecule has 2 nitrogen and oxygen atoms in total. The van der Waals surface area contributed by atoms with Crippen molar-refractivity contribution in [1.29, 1.82) is 0 Å². The molecule has 0 fully saturated rings. The third-order valence-corrected chi connectivity index (χ3v) is 2.78. The Morgan fingerprint density at radius 1 is 1.60 bits per heavy atom. The minimum atomic E-state index is -0.854. The van der Waals surface area contributed by atoms with Gasteiger partial charge in [0.15, 0.2) is 0 Å². The highest BCUT2D eigenvalue weighted by atomic mass is 79.9. The summed E-state index contributed by atoms with van der Waals surface area (Å²) in [5.74, 6) is 0. The molecule has 1 heterocycles. The van der Waals surface area contributed by atoms with Crippen LogP contribution < -0.4 is 0 Å². The molecule has 0 aliphatic rings. The Morgan fingerprint density at radius 2 is 2.33 bits per heavy atom. The lowest BCUT2D eigenvalue weighted by Gasteiger charge is -2.22. The molecule has 1 rings (SSSR count). The van der Waals surface area contributed by atoms with Crippen LogP contribution in [0, 0.1) is 0 Å². The number of pyridine rings is 1. The van der Waals surface area contributed by atoms with E-state index in [1.54, 1.807) is 6.92 Å². The maximum absolute atomic E-state index is 10.2. The lowest BCUT2D eigenvalue weighted by molar-refractivity contribution is 0.0412. The van der Waals surface area contributed by atoms with Crippen LogP contribution >= 0.6 is 15.9 Å². The SMILES string of the molecule is C=CCCCC(C)(O)c1cccc(Br)n1. The molecule has 1 aromatic heterocycles. The van der Waals surface area contributed by atoms with Crippen LogP contribution in [0.3, 0.4) is 0 Å². The molecule has 0 bridgehead atoms. The molecule has 1 aromatic rings. The summed E-state index contributed by atoms with van der Waals surface area (Å²) in [7, 11) is 0. The van der Waals surface area contributed by atoms with Crippen molar-refractivity contribution >= 4 is 15.9 Å². The molecule has 0 radical (unpaired) electrons. The molecule has 0 saturated heterocycles. The summed E-state index contributed by atoms with van der Waals surface area (Å²) in [6.45, 7) is 5.46. The highest BCUT2D eigenvalue weighted by Crippen LogP contribution is 2.25. The predicted octanol–water partition coefficient (Wildman–Crippen LogP) is 3.41. The van der Waals surface area contributed by atoms with Gasteiger partial charge in [-0.1, -0.05) is 12.1 Å². The molecule has 0 aromatic carbocycles. The smallest absolute Gasteiger partial charge is 0.106 e. The maximum atomic E-state index is 10.2. The summed E-state index contributed by atoms with van der Waals surface area (Å²) in [4.78, 5) is 4.26. The number of hydrogen-bond acceptors (Lipinski definition) is 2. The fourth-order valence-electron chi connectivity index (χ4n) is 1.43. The fraction of sp³-hybridized carbons (Fsp3) is 0.417. The van der Waals surface area contributed by atoms with Gasteiger partial charge in [0.2, 0.25) is 0 Å². The van der Waals surface area contributed by atoms with E-state index in [-0.39, 0.29) is 0 Å². The highest BCUT2D eigenvalue weighted by molar-refractivity contribution is 9.10. The number of allylic oxidation sites excluding steroid dienone is 1. The molecule has 0 spiro atoms. The molecular formula is C12H16BrNO. The van der Waals surface area contributed by atoms with Gasteiger partial charge in [0, 0.05) is 0 Å². The molecule has 82 valence electrons. The summed E-state index contributed by atoms with van der Waals surface area (Å²) in [6, 6.07) is 5.58. The first-order valence-corrected chi connectivity index (χ1v) is 5.82. The van der Waals surface area contributed by atoms with E-state index in [9.17, 15) is 5.11 Å². The quantitative estimate of drug-likeness (QED) is 0.505. The number of hydrogen-bond donors (Lipinski definition) is 1. The Bertz CT molecular complexity index is 336. The van der Waals surface area contributed by atoms with E-state index in [0.717, 1.165) is 17.4 Å². The summed E-state index contributed by atoms with van der Waals surface area (Å²) < 4.78 is 0.754. The van der Waals surface area contributed by atoms with E-state index in [2.05, 4.69) is 27.5 Å². The molecule has 15 heavy (non-hydrogen) atoms. The van der Waals surface area contributed by atoms with Crippen LogP contribution in [0.5, 0.6) is 0 Å². The van der Waals surface area contributed by atoms with Crippen LogP contribution in [-0.4, -0.2) is 10.1 Å². The number of halogens is 1. The first kappa shape index (κ1) is 12.4. The van der Waals surface area contributed by atoms with E-state index in [1.807, 2.05) is 24.3 Å². The molecule has 3 heteroatoms. The van der Waals surface area contributed by atoms with E-state index in [1.165, 1.54) is 0 Å². The Hall–Kier alpha value is -0.670. The van der Waals surface area contributed by atoms with Gasteiger partial charge in [0.05, 0.1) is 5.69 Å². The average molecular weight is 270 g/mol. The summed E-state index contributed by atoms with van der Waals surface area (Å²) in [5, 5.41) is 10.2. The monoisotopic (exact) mass is 269 g/mol. The van der Waals surface area contributed by atoms with Gasteiger partial charge < -0.3 is 5.11 Å². The molecule has 0 aliphatic heterocycles. The van der Waals surface area contributed by atoms with Gasteiger partial charge >= 0.3 is 0 Å². The molecule has 1 atom stereocenters. The second-order valence-electron chi connectivity index (χ2n) is 3.80. The second-order valence-corrected chi connectivity index (χ2v) is 4.61. The summed E-state index contributed by atoms with van der Waals surface area (Å²) in [6.07, 6.45) is 4.40. The number of rotatable bonds is 5. The zero-order valence-corrected chi connectivity index (χ0v) is 10.5. The Balaban J connectivity index is 2.71. The molecule has 0 aliphatic carbocycles. The van der Waals surface area contributed by atoms with E-state index in [0.29, 0.717) is 12.1 Å². The van der Waals surface area contributed by atoms with Crippen LogP contribution in [0.4, 0.5) is 0 Å². The summed E-state index contributed by atoms with van der Waals surface area (Å²) in [5.41, 5.74) is -0.145. The lowest BCUT2D eigenvalue weighted by Crippen LogP contribution is -2.22. The van der Waals surface area contributed by atoms with Crippen molar-refractivity contribution in [2.24, 2.45) is 0 Å². The standard InChI is InChI=1S/C12H16BrNO/c1-3-4-5-9-12(2,15)10-7-6-8-11(13)14-10/h3,6-8,15H,1,4-5,9H2,2H3. The zero-order chi connectivity index (χ0) is 11.3. The predicted molar refractivity (Wildman–Crippen MR) is 65.6 cm³/mol. The molecule has 0 saturated carbocycles. The molecule has 0 amide bonds. The van der Waals surface area contributed by atoms with Crippen LogP contribution in [0.25, 0.3) is 0 Å². The minimum absolute atomic E-state index is 0.697. The third kappa shape index (κ3) is 3.76. The van der Waals surface area contributed by atoms with Crippen molar-refractivity contribution in [1.82, 2.24) is 4.98 Å². The minimum Gasteiger partial charge on any atom is -0.384 e. The number of unbranched alkanes of at least 4 members (excludes halogenated alkanes) is 1. The maximum Gasteiger partial charge on any atom is 0.106 e. The van der Waals surface area contributed by atoms with Gasteiger partial charge in [0.25, 0.3) is 0 Å². The van der Waals surface area contributed by atoms with Crippen molar-refractivity contribution in [2.45, 2.75) is 31.8 Å². The van der Waals surface area contributed by atoms with Crippen molar-refractivity contribution in [3.8, 4) is 0 Å². The van der Waals surface area contributed by atoms with Crippen molar-refractivity contribution in [3.05, 3.63) is 41.2 Å². The molecular weight excluding hydrogens is 254 g/mol. The van der Waals surface area contributed by atoms with Crippen molar-refractivity contribution < 1.29 is 5.11 Å². The van der Waals surface area contributed by atoms with E-state index in [4.69, 9.17) is 0 Å². The zero-order valence-electron chi connectivity index (χ0n) is 8.91. The van der Waals surface area contributed by atoms with Gasteiger partial charge in [-0.15, -0.1) is 6.58 Å². The van der Waals surface area contributed by atoms with E-state index >= 15 is 0 Å². The highest BCUT2D eigenvalue weighted by Gasteiger charge is 2.23. The van der Waals surface area contributed by atoms with Gasteiger partial charge in [-0.25, -0.2) is 4.98 Å². The van der Waals surface area contributed by atoms with Crippen LogP contribution in [-0.2, 0) is 5.60 Å². The fourth-order valence-corrected chi connectivity index (χ4v) is 1.77. The number of aromatic nitrogens is 1. The topological polar surface area (TPSA) is 33.1 Å². The summed E-state index contributed by atoms with van der Waals surface area (Å²) >= 11 is 3.30. The number of nitrogens with zero attached hydrogens (tertiary/aromatic N) is 1. The van der Waals surface area contributed by atoms with Crippen molar-refractivity contribution in [3.63, 3.8) is 0 Å². The largest absolute Gasteiger partial charge is 0.384 e. The first-order valence-electron chi connectivity index (χ1n) is 5.02. The Kier molecular flexibility index (Phi) is 4.48.